The molecule has 0 saturated heterocycles. The van der Waals surface area contributed by atoms with E-state index in [-0.39, 0.29) is 18.7 Å². The third-order valence-electron chi connectivity index (χ3n) is 2.15. The van der Waals surface area contributed by atoms with Gasteiger partial charge in [0, 0.05) is 0 Å². The van der Waals surface area contributed by atoms with E-state index in [1.54, 1.807) is 13.8 Å². The molecule has 0 radical (unpaired) electrons. The molecular formula is C11H13F2NO3. The molecule has 1 aromatic heterocycles. The van der Waals surface area contributed by atoms with E-state index >= 15 is 0 Å². The topological polar surface area (TPSA) is 59.4 Å². The molecule has 0 saturated carbocycles. The predicted octanol–water partition coefficient (Wildman–Crippen LogP) is 2.14. The van der Waals surface area contributed by atoms with Crippen LogP contribution in [-0.4, -0.2) is 22.7 Å². The quantitative estimate of drug-likeness (QED) is 0.825. The van der Waals surface area contributed by atoms with E-state index in [9.17, 15) is 18.7 Å². The minimum atomic E-state index is -2.88. The molecule has 0 aliphatic rings. The molecule has 0 atom stereocenters. The van der Waals surface area contributed by atoms with Gasteiger partial charge in [-0.15, -0.1) is 0 Å². The summed E-state index contributed by atoms with van der Waals surface area (Å²) in [6, 6.07) is 1.17. The first-order chi connectivity index (χ1) is 7.95. The molecular weight excluding hydrogens is 232 g/mol. The lowest BCUT2D eigenvalue weighted by Crippen LogP contribution is -2.11. The number of alkyl halides is 2. The Morgan fingerprint density at radius 1 is 1.59 bits per heavy atom. The van der Waals surface area contributed by atoms with Gasteiger partial charge in [0.2, 0.25) is 0 Å². The van der Waals surface area contributed by atoms with E-state index in [4.69, 9.17) is 4.74 Å². The predicted molar refractivity (Wildman–Crippen MR) is 55.9 cm³/mol. The number of rotatable bonds is 4. The van der Waals surface area contributed by atoms with Crippen LogP contribution in [0, 0.1) is 6.92 Å². The average molecular weight is 245 g/mol. The first kappa shape index (κ1) is 13.3. The molecule has 1 rings (SSSR count). The Balaban J connectivity index is 2.99. The first-order valence-corrected chi connectivity index (χ1v) is 5.08. The van der Waals surface area contributed by atoms with Gasteiger partial charge < -0.3 is 9.84 Å². The molecule has 0 aliphatic carbocycles. The van der Waals surface area contributed by atoms with E-state index in [2.05, 4.69) is 4.98 Å². The Hall–Kier alpha value is -1.72. The highest BCUT2D eigenvalue weighted by Gasteiger charge is 2.18. The number of ether oxygens (including phenoxy) is 1. The highest BCUT2D eigenvalue weighted by Crippen LogP contribution is 2.28. The molecule has 0 aromatic carbocycles. The molecule has 1 heterocycles. The van der Waals surface area contributed by atoms with Crippen molar-refractivity contribution in [3.63, 3.8) is 0 Å². The van der Waals surface area contributed by atoms with Crippen LogP contribution >= 0.6 is 0 Å². The number of carbonyl (C=O) groups excluding carboxylic acids is 1. The molecule has 0 aliphatic heterocycles. The number of aromatic nitrogens is 1. The zero-order valence-corrected chi connectivity index (χ0v) is 9.54. The molecule has 0 fully saturated rings. The molecule has 1 aromatic rings. The SMILES string of the molecule is CCOC(=O)Cc1nc(C(F)F)c(O)cc1C. The van der Waals surface area contributed by atoms with Crippen LogP contribution in [0.2, 0.25) is 0 Å². The number of hydrogen-bond acceptors (Lipinski definition) is 4. The van der Waals surface area contributed by atoms with Crippen LogP contribution in [0.5, 0.6) is 5.75 Å². The Kier molecular flexibility index (Phi) is 4.37. The van der Waals surface area contributed by atoms with Gasteiger partial charge in [-0.25, -0.2) is 13.8 Å². The highest BCUT2D eigenvalue weighted by molar-refractivity contribution is 5.72. The second-order valence-electron chi connectivity index (χ2n) is 3.44. The third kappa shape index (κ3) is 3.37. The van der Waals surface area contributed by atoms with E-state index in [1.807, 2.05) is 0 Å². The molecule has 17 heavy (non-hydrogen) atoms. The van der Waals surface area contributed by atoms with Crippen LogP contribution in [0.1, 0.15) is 30.3 Å². The van der Waals surface area contributed by atoms with Gasteiger partial charge in [0.1, 0.15) is 11.4 Å². The van der Waals surface area contributed by atoms with Crippen LogP contribution in [0.4, 0.5) is 8.78 Å². The van der Waals surface area contributed by atoms with E-state index in [0.717, 1.165) is 0 Å². The average Bonchev–Trinajstić information content (AvgIpc) is 2.21. The summed E-state index contributed by atoms with van der Waals surface area (Å²) in [5, 5.41) is 9.27. The van der Waals surface area contributed by atoms with Gasteiger partial charge in [0.05, 0.1) is 18.7 Å². The van der Waals surface area contributed by atoms with E-state index in [0.29, 0.717) is 5.56 Å². The lowest BCUT2D eigenvalue weighted by molar-refractivity contribution is -0.142. The van der Waals surface area contributed by atoms with Gasteiger partial charge in [-0.2, -0.15) is 0 Å². The third-order valence-corrected chi connectivity index (χ3v) is 2.15. The zero-order valence-electron chi connectivity index (χ0n) is 9.54. The zero-order chi connectivity index (χ0) is 13.0. The maximum Gasteiger partial charge on any atom is 0.311 e. The standard InChI is InChI=1S/C11H13F2NO3/c1-3-17-9(16)5-7-6(2)4-8(15)10(14-7)11(12)13/h4,11,15H,3,5H2,1-2H3. The van der Waals surface area contributed by atoms with Crippen molar-refractivity contribution in [1.82, 2.24) is 4.98 Å². The lowest BCUT2D eigenvalue weighted by Gasteiger charge is -2.09. The van der Waals surface area contributed by atoms with Crippen molar-refractivity contribution in [2.45, 2.75) is 26.7 Å². The second-order valence-corrected chi connectivity index (χ2v) is 3.44. The van der Waals surface area contributed by atoms with Gasteiger partial charge in [-0.1, -0.05) is 0 Å². The Labute approximate surface area is 97.2 Å². The highest BCUT2D eigenvalue weighted by atomic mass is 19.3. The van der Waals surface area contributed by atoms with E-state index < -0.39 is 23.8 Å². The number of aryl methyl sites for hydroxylation is 1. The molecule has 4 nitrogen and oxygen atoms in total. The van der Waals surface area contributed by atoms with Crippen molar-refractivity contribution in [2.75, 3.05) is 6.61 Å². The van der Waals surface area contributed by atoms with Gasteiger partial charge in [0.15, 0.2) is 0 Å². The molecule has 1 N–H and O–H groups in total. The van der Waals surface area contributed by atoms with Gasteiger partial charge >= 0.3 is 5.97 Å². The summed E-state index contributed by atoms with van der Waals surface area (Å²) in [5.74, 6) is -1.10. The van der Waals surface area contributed by atoms with Crippen LogP contribution in [-0.2, 0) is 16.0 Å². The Morgan fingerprint density at radius 2 is 2.24 bits per heavy atom. The van der Waals surface area contributed by atoms with Crippen LogP contribution in [0.15, 0.2) is 6.07 Å². The number of pyridine rings is 1. The Bertz CT molecular complexity index is 421. The molecule has 0 amide bonds. The van der Waals surface area contributed by atoms with Crippen LogP contribution in [0.3, 0.4) is 0 Å². The van der Waals surface area contributed by atoms with Crippen LogP contribution in [0.25, 0.3) is 0 Å². The normalized spacial score (nSPS) is 10.6. The maximum absolute atomic E-state index is 12.5. The van der Waals surface area contributed by atoms with Crippen molar-refractivity contribution in [3.8, 4) is 5.75 Å². The number of nitrogens with zero attached hydrogens (tertiary/aromatic N) is 1. The number of aromatic hydroxyl groups is 1. The summed E-state index contributed by atoms with van der Waals surface area (Å²) in [4.78, 5) is 14.8. The monoisotopic (exact) mass is 245 g/mol. The van der Waals surface area contributed by atoms with Crippen molar-refractivity contribution in [2.24, 2.45) is 0 Å². The number of esters is 1. The van der Waals surface area contributed by atoms with Gasteiger partial charge in [-0.05, 0) is 25.5 Å². The summed E-state index contributed by atoms with van der Waals surface area (Å²) in [6.45, 7) is 3.45. The summed E-state index contributed by atoms with van der Waals surface area (Å²) >= 11 is 0. The first-order valence-electron chi connectivity index (χ1n) is 5.08. The summed E-state index contributed by atoms with van der Waals surface area (Å²) in [5.41, 5.74) is -0.0496. The molecule has 94 valence electrons. The minimum Gasteiger partial charge on any atom is -0.506 e. The molecule has 6 heteroatoms. The molecule has 0 spiro atoms. The number of hydrogen-bond donors (Lipinski definition) is 1. The van der Waals surface area contributed by atoms with Crippen molar-refractivity contribution >= 4 is 5.97 Å². The molecule has 0 bridgehead atoms. The van der Waals surface area contributed by atoms with Gasteiger partial charge in [-0.3, -0.25) is 4.79 Å². The maximum atomic E-state index is 12.5. The lowest BCUT2D eigenvalue weighted by atomic mass is 10.1. The fourth-order valence-electron chi connectivity index (χ4n) is 1.34. The van der Waals surface area contributed by atoms with Crippen molar-refractivity contribution < 1.29 is 23.4 Å². The number of halogens is 2. The van der Waals surface area contributed by atoms with Crippen LogP contribution < -0.4 is 0 Å². The van der Waals surface area contributed by atoms with Crippen molar-refractivity contribution in [1.29, 1.82) is 0 Å². The summed E-state index contributed by atoms with van der Waals surface area (Å²) < 4.78 is 29.7. The van der Waals surface area contributed by atoms with E-state index in [1.165, 1.54) is 6.07 Å². The largest absolute Gasteiger partial charge is 0.506 e. The minimum absolute atomic E-state index is 0.181. The van der Waals surface area contributed by atoms with Crippen molar-refractivity contribution in [3.05, 3.63) is 23.0 Å². The summed E-state index contributed by atoms with van der Waals surface area (Å²) in [7, 11) is 0. The summed E-state index contributed by atoms with van der Waals surface area (Å²) in [6.07, 6.45) is -3.06. The number of carbonyl (C=O) groups is 1. The second kappa shape index (κ2) is 5.56. The Morgan fingerprint density at radius 3 is 2.76 bits per heavy atom. The fraction of sp³-hybridized carbons (Fsp3) is 0.455. The molecule has 0 unspecified atom stereocenters. The van der Waals surface area contributed by atoms with Gasteiger partial charge in [0.25, 0.3) is 6.43 Å². The fourth-order valence-corrected chi connectivity index (χ4v) is 1.34. The smallest absolute Gasteiger partial charge is 0.311 e.